The molecule has 162 valence electrons. The minimum atomic E-state index is 0.248. The molecule has 1 saturated carbocycles. The average Bonchev–Trinajstić information content (AvgIpc) is 3.49. The molecule has 0 bridgehead atoms. The van der Waals surface area contributed by atoms with Crippen LogP contribution in [0.15, 0.2) is 36.5 Å². The minimum Gasteiger partial charge on any atom is -0.352 e. The third-order valence-corrected chi connectivity index (χ3v) is 6.52. The summed E-state index contributed by atoms with van der Waals surface area (Å²) < 4.78 is 1.90. The van der Waals surface area contributed by atoms with E-state index in [1.807, 2.05) is 41.2 Å². The van der Waals surface area contributed by atoms with Gasteiger partial charge in [-0.05, 0) is 31.4 Å². The van der Waals surface area contributed by atoms with Gasteiger partial charge in [-0.3, -0.25) is 4.79 Å². The van der Waals surface area contributed by atoms with Gasteiger partial charge in [0.25, 0.3) is 0 Å². The Balaban J connectivity index is 1.43. The normalized spacial score (nSPS) is 17.6. The van der Waals surface area contributed by atoms with Crippen LogP contribution in [0.2, 0.25) is 0 Å². The summed E-state index contributed by atoms with van der Waals surface area (Å²) in [5.41, 5.74) is 1.85. The van der Waals surface area contributed by atoms with Crippen molar-refractivity contribution >= 4 is 22.8 Å². The second-order valence-corrected chi connectivity index (χ2v) is 8.64. The lowest BCUT2D eigenvalue weighted by Gasteiger charge is -2.36. The summed E-state index contributed by atoms with van der Waals surface area (Å²) in [6.07, 6.45) is 8.22. The second kappa shape index (κ2) is 8.65. The number of piperazine rings is 1. The van der Waals surface area contributed by atoms with Crippen LogP contribution in [0, 0.1) is 5.92 Å². The molecule has 2 aliphatic rings. The van der Waals surface area contributed by atoms with Crippen LogP contribution in [0.25, 0.3) is 16.7 Å². The summed E-state index contributed by atoms with van der Waals surface area (Å²) in [5.74, 6) is 2.40. The molecule has 2 aromatic heterocycles. The summed E-state index contributed by atoms with van der Waals surface area (Å²) in [4.78, 5) is 27.0. The summed E-state index contributed by atoms with van der Waals surface area (Å²) in [6, 6.07) is 10.1. The lowest BCUT2D eigenvalue weighted by Crippen LogP contribution is -2.50. The van der Waals surface area contributed by atoms with E-state index in [1.54, 1.807) is 0 Å². The number of nitrogens with zero attached hydrogens (tertiary/aromatic N) is 6. The van der Waals surface area contributed by atoms with Gasteiger partial charge in [-0.15, -0.1) is 0 Å². The first kappa shape index (κ1) is 20.0. The van der Waals surface area contributed by atoms with Crippen molar-refractivity contribution in [2.45, 2.75) is 45.4 Å². The van der Waals surface area contributed by atoms with Crippen LogP contribution in [-0.4, -0.2) is 56.7 Å². The Kier molecular flexibility index (Phi) is 5.57. The number of carbonyl (C=O) groups is 1. The van der Waals surface area contributed by atoms with Crippen molar-refractivity contribution in [3.63, 3.8) is 0 Å². The van der Waals surface area contributed by atoms with Crippen LogP contribution in [0.5, 0.6) is 0 Å². The van der Waals surface area contributed by atoms with Gasteiger partial charge in [-0.25, -0.2) is 14.6 Å². The number of fused-ring (bicyclic) bond motifs is 1. The molecule has 0 unspecified atom stereocenters. The van der Waals surface area contributed by atoms with Crippen LogP contribution in [0.4, 0.5) is 5.82 Å². The number of aromatic nitrogens is 4. The number of rotatable bonds is 5. The Labute approximate surface area is 183 Å². The van der Waals surface area contributed by atoms with Crippen LogP contribution in [0.1, 0.15) is 44.9 Å². The van der Waals surface area contributed by atoms with Crippen molar-refractivity contribution < 1.29 is 4.79 Å². The highest BCUT2D eigenvalue weighted by molar-refractivity contribution is 5.88. The quantitative estimate of drug-likeness (QED) is 0.633. The third kappa shape index (κ3) is 3.89. The topological polar surface area (TPSA) is 67.2 Å². The van der Waals surface area contributed by atoms with Crippen molar-refractivity contribution in [1.29, 1.82) is 0 Å². The zero-order valence-corrected chi connectivity index (χ0v) is 18.2. The van der Waals surface area contributed by atoms with Crippen molar-refractivity contribution in [2.75, 3.05) is 31.1 Å². The van der Waals surface area contributed by atoms with Gasteiger partial charge >= 0.3 is 0 Å². The van der Waals surface area contributed by atoms with E-state index in [0.717, 1.165) is 80.2 Å². The van der Waals surface area contributed by atoms with Gasteiger partial charge in [0, 0.05) is 38.5 Å². The van der Waals surface area contributed by atoms with Crippen molar-refractivity contribution in [1.82, 2.24) is 24.6 Å². The molecule has 7 nitrogen and oxygen atoms in total. The number of amides is 1. The molecule has 2 fully saturated rings. The van der Waals surface area contributed by atoms with E-state index in [0.29, 0.717) is 5.91 Å². The van der Waals surface area contributed by atoms with Crippen LogP contribution < -0.4 is 4.90 Å². The second-order valence-electron chi connectivity index (χ2n) is 8.64. The molecule has 3 heterocycles. The van der Waals surface area contributed by atoms with E-state index in [9.17, 15) is 4.79 Å². The molecule has 0 N–H and O–H groups in total. The van der Waals surface area contributed by atoms with Crippen molar-refractivity contribution in [3.8, 4) is 5.69 Å². The molecule has 5 rings (SSSR count). The predicted octanol–water partition coefficient (Wildman–Crippen LogP) is 3.61. The largest absolute Gasteiger partial charge is 0.352 e. The Bertz CT molecular complexity index is 1050. The average molecular weight is 419 g/mol. The molecule has 0 spiro atoms. The SMILES string of the molecule is CCCc1nc(N2CCN(C(=O)C3CCCC3)CC2)c2cnn(-c3ccccc3)c2n1. The molecular weight excluding hydrogens is 388 g/mol. The number of para-hydroxylation sites is 1. The van der Waals surface area contributed by atoms with E-state index in [2.05, 4.69) is 21.8 Å². The highest BCUT2D eigenvalue weighted by Crippen LogP contribution is 2.29. The lowest BCUT2D eigenvalue weighted by molar-refractivity contribution is -0.135. The zero-order valence-electron chi connectivity index (χ0n) is 18.2. The van der Waals surface area contributed by atoms with Gasteiger partial charge in [0.15, 0.2) is 5.65 Å². The van der Waals surface area contributed by atoms with E-state index in [-0.39, 0.29) is 5.92 Å². The predicted molar refractivity (Wildman–Crippen MR) is 121 cm³/mol. The summed E-state index contributed by atoms with van der Waals surface area (Å²) in [5, 5.41) is 5.61. The minimum absolute atomic E-state index is 0.248. The number of benzene rings is 1. The zero-order chi connectivity index (χ0) is 21.2. The van der Waals surface area contributed by atoms with Gasteiger partial charge < -0.3 is 9.80 Å². The first-order valence-electron chi connectivity index (χ1n) is 11.6. The van der Waals surface area contributed by atoms with E-state index < -0.39 is 0 Å². The van der Waals surface area contributed by atoms with Crippen molar-refractivity contribution in [3.05, 3.63) is 42.4 Å². The maximum absolute atomic E-state index is 12.8. The molecule has 0 radical (unpaired) electrons. The monoisotopic (exact) mass is 418 g/mol. The fourth-order valence-corrected chi connectivity index (χ4v) is 4.84. The molecule has 1 aliphatic carbocycles. The van der Waals surface area contributed by atoms with E-state index >= 15 is 0 Å². The molecule has 31 heavy (non-hydrogen) atoms. The number of aryl methyl sites for hydroxylation is 1. The third-order valence-electron chi connectivity index (χ3n) is 6.52. The van der Waals surface area contributed by atoms with Gasteiger partial charge in [-0.2, -0.15) is 5.10 Å². The number of hydrogen-bond donors (Lipinski definition) is 0. The molecule has 1 aliphatic heterocycles. The maximum Gasteiger partial charge on any atom is 0.225 e. The Hall–Kier alpha value is -2.96. The summed E-state index contributed by atoms with van der Waals surface area (Å²) >= 11 is 0. The van der Waals surface area contributed by atoms with Crippen LogP contribution in [0.3, 0.4) is 0 Å². The first-order chi connectivity index (χ1) is 15.2. The fourth-order valence-electron chi connectivity index (χ4n) is 4.84. The fraction of sp³-hybridized carbons (Fsp3) is 0.500. The smallest absolute Gasteiger partial charge is 0.225 e. The molecule has 0 atom stereocenters. The standard InChI is InChI=1S/C24H30N6O/c1-2-8-21-26-22(20-17-25-30(23(20)27-21)19-11-4-3-5-12-19)28-13-15-29(16-14-28)24(31)18-9-6-7-10-18/h3-5,11-12,17-18H,2,6-10,13-16H2,1H3. The maximum atomic E-state index is 12.8. The first-order valence-corrected chi connectivity index (χ1v) is 11.6. The Morgan fingerprint density at radius 2 is 1.77 bits per heavy atom. The highest BCUT2D eigenvalue weighted by atomic mass is 16.2. The molecule has 1 amide bonds. The summed E-state index contributed by atoms with van der Waals surface area (Å²) in [6.45, 7) is 5.27. The van der Waals surface area contributed by atoms with E-state index in [1.165, 1.54) is 12.8 Å². The number of anilines is 1. The number of hydrogen-bond acceptors (Lipinski definition) is 5. The summed E-state index contributed by atoms with van der Waals surface area (Å²) in [7, 11) is 0. The van der Waals surface area contributed by atoms with Gasteiger partial charge in [0.2, 0.25) is 5.91 Å². The van der Waals surface area contributed by atoms with Gasteiger partial charge in [0.1, 0.15) is 11.6 Å². The number of carbonyl (C=O) groups excluding carboxylic acids is 1. The molecule has 3 aromatic rings. The van der Waals surface area contributed by atoms with Crippen molar-refractivity contribution in [2.24, 2.45) is 5.92 Å². The Morgan fingerprint density at radius 3 is 2.48 bits per heavy atom. The lowest BCUT2D eigenvalue weighted by atomic mass is 10.1. The van der Waals surface area contributed by atoms with Gasteiger partial charge in [0.05, 0.1) is 17.3 Å². The van der Waals surface area contributed by atoms with Gasteiger partial charge in [-0.1, -0.05) is 38.0 Å². The molecule has 1 saturated heterocycles. The Morgan fingerprint density at radius 1 is 1.03 bits per heavy atom. The van der Waals surface area contributed by atoms with E-state index in [4.69, 9.17) is 9.97 Å². The van der Waals surface area contributed by atoms with Crippen LogP contribution in [-0.2, 0) is 11.2 Å². The van der Waals surface area contributed by atoms with Crippen LogP contribution >= 0.6 is 0 Å². The highest BCUT2D eigenvalue weighted by Gasteiger charge is 2.30. The molecular formula is C24H30N6O. The molecule has 7 heteroatoms. The molecule has 1 aromatic carbocycles.